The molecule has 0 radical (unpaired) electrons. The van der Waals surface area contributed by atoms with Crippen molar-refractivity contribution in [2.45, 2.75) is 6.92 Å². The quantitative estimate of drug-likeness (QED) is 0.291. The van der Waals surface area contributed by atoms with E-state index in [1.807, 2.05) is 18.2 Å². The molecule has 12 heteroatoms. The van der Waals surface area contributed by atoms with Crippen molar-refractivity contribution in [2.75, 3.05) is 5.32 Å². The van der Waals surface area contributed by atoms with E-state index in [1.54, 1.807) is 25.4 Å². The van der Waals surface area contributed by atoms with Gasteiger partial charge in [-0.05, 0) is 25.1 Å². The second kappa shape index (κ2) is 8.34. The number of nitrogens with zero attached hydrogens (tertiary/aromatic N) is 5. The molecule has 0 aliphatic heterocycles. The predicted molar refractivity (Wildman–Crippen MR) is 125 cm³/mol. The normalized spacial score (nSPS) is 11.3. The van der Waals surface area contributed by atoms with Crippen LogP contribution >= 0.6 is 0 Å². The van der Waals surface area contributed by atoms with Crippen LogP contribution in [0.3, 0.4) is 0 Å². The summed E-state index contributed by atoms with van der Waals surface area (Å²) in [5.74, 6) is -3.69. The molecule has 0 saturated heterocycles. The third kappa shape index (κ3) is 3.74. The Balaban J connectivity index is 1.27. The van der Waals surface area contributed by atoms with Gasteiger partial charge >= 0.3 is 0 Å². The van der Waals surface area contributed by atoms with Crippen LogP contribution in [0.2, 0.25) is 0 Å². The van der Waals surface area contributed by atoms with Crippen LogP contribution in [-0.2, 0) is 0 Å². The Morgan fingerprint density at radius 1 is 0.889 bits per heavy atom. The average molecular weight is 488 g/mol. The summed E-state index contributed by atoms with van der Waals surface area (Å²) in [6.45, 7) is 1.66. The standard InChI is InChI=1S/C24H15F3N8O/c1-11-6-13-20(26)18(8-14(25)22(13)32-11)36-24-21(27)23(30-10-31-24)33-19-9-16(34-35-19)12-2-3-15-17(7-12)29-5-4-28-15/h2-10,32H,1H3,(H2,30,31,33,34,35). The molecule has 6 rings (SSSR count). The molecule has 0 amide bonds. The van der Waals surface area contributed by atoms with E-state index in [2.05, 4.69) is 40.4 Å². The van der Waals surface area contributed by atoms with Crippen molar-refractivity contribution in [3.8, 4) is 22.9 Å². The van der Waals surface area contributed by atoms with E-state index in [1.165, 1.54) is 6.07 Å². The molecule has 0 atom stereocenters. The van der Waals surface area contributed by atoms with Crippen LogP contribution in [0.25, 0.3) is 33.2 Å². The summed E-state index contributed by atoms with van der Waals surface area (Å²) < 4.78 is 49.7. The number of aromatic nitrogens is 7. The molecule has 0 saturated carbocycles. The van der Waals surface area contributed by atoms with Crippen LogP contribution < -0.4 is 10.1 Å². The zero-order chi connectivity index (χ0) is 24.8. The van der Waals surface area contributed by atoms with E-state index < -0.39 is 29.1 Å². The van der Waals surface area contributed by atoms with Gasteiger partial charge in [-0.1, -0.05) is 6.07 Å². The molecule has 2 aromatic carbocycles. The fraction of sp³-hybridized carbons (Fsp3) is 0.0417. The Morgan fingerprint density at radius 2 is 1.72 bits per heavy atom. The lowest BCUT2D eigenvalue weighted by Crippen LogP contribution is -2.02. The van der Waals surface area contributed by atoms with Crippen LogP contribution in [0, 0.1) is 24.4 Å². The molecule has 4 heterocycles. The zero-order valence-electron chi connectivity index (χ0n) is 18.5. The highest BCUT2D eigenvalue weighted by Crippen LogP contribution is 2.34. The number of nitrogens with one attached hydrogen (secondary N) is 3. The summed E-state index contributed by atoms with van der Waals surface area (Å²) in [5.41, 5.74) is 3.45. The first kappa shape index (κ1) is 21.5. The lowest BCUT2D eigenvalue weighted by atomic mass is 10.1. The Kier molecular flexibility index (Phi) is 4.99. The molecule has 3 N–H and O–H groups in total. The maximum absolute atomic E-state index is 15.1. The first-order chi connectivity index (χ1) is 17.5. The molecule has 36 heavy (non-hydrogen) atoms. The third-order valence-electron chi connectivity index (χ3n) is 5.47. The number of hydrogen-bond donors (Lipinski definition) is 3. The van der Waals surface area contributed by atoms with Gasteiger partial charge in [0, 0.05) is 41.2 Å². The van der Waals surface area contributed by atoms with Gasteiger partial charge in [0.1, 0.15) is 6.33 Å². The first-order valence-corrected chi connectivity index (χ1v) is 10.7. The summed E-state index contributed by atoms with van der Waals surface area (Å²) in [6, 6.07) is 9.43. The van der Waals surface area contributed by atoms with E-state index in [0.717, 1.165) is 23.5 Å². The second-order valence-electron chi connectivity index (χ2n) is 7.91. The summed E-state index contributed by atoms with van der Waals surface area (Å²) in [6.07, 6.45) is 4.24. The Labute approximate surface area is 200 Å². The lowest BCUT2D eigenvalue weighted by Gasteiger charge is -2.10. The van der Waals surface area contributed by atoms with Gasteiger partial charge < -0.3 is 15.0 Å². The molecule has 178 valence electrons. The Morgan fingerprint density at radius 3 is 2.58 bits per heavy atom. The molecule has 0 spiro atoms. The van der Waals surface area contributed by atoms with Crippen LogP contribution in [0.1, 0.15) is 5.69 Å². The molecule has 4 aromatic heterocycles. The first-order valence-electron chi connectivity index (χ1n) is 10.7. The molecular weight excluding hydrogens is 473 g/mol. The van der Waals surface area contributed by atoms with Crippen LogP contribution in [0.4, 0.5) is 24.8 Å². The van der Waals surface area contributed by atoms with Gasteiger partial charge in [0.2, 0.25) is 5.82 Å². The van der Waals surface area contributed by atoms with Crippen molar-refractivity contribution in [1.29, 1.82) is 0 Å². The molecule has 0 fully saturated rings. The molecule has 0 unspecified atom stereocenters. The monoisotopic (exact) mass is 488 g/mol. The summed E-state index contributed by atoms with van der Waals surface area (Å²) in [5, 5.41) is 9.71. The van der Waals surface area contributed by atoms with Crippen LogP contribution in [-0.4, -0.2) is 35.1 Å². The van der Waals surface area contributed by atoms with E-state index in [9.17, 15) is 8.78 Å². The van der Waals surface area contributed by atoms with Crippen molar-refractivity contribution in [1.82, 2.24) is 35.1 Å². The number of anilines is 2. The minimum Gasteiger partial charge on any atom is -0.433 e. The minimum atomic E-state index is -1.01. The van der Waals surface area contributed by atoms with E-state index >= 15 is 4.39 Å². The van der Waals surface area contributed by atoms with Gasteiger partial charge in [0.05, 0.1) is 22.2 Å². The predicted octanol–water partition coefficient (Wildman–Crippen LogP) is 5.55. The number of fused-ring (bicyclic) bond motifs is 2. The topological polar surface area (TPSA) is 117 Å². The Bertz CT molecular complexity index is 1760. The SMILES string of the molecule is Cc1cc2c(F)c(Oc3ncnc(Nc4cc(-c5ccc6nccnc6c5)[nH]n4)c3F)cc(F)c2[nH]1. The number of hydrogen-bond acceptors (Lipinski definition) is 7. The largest absolute Gasteiger partial charge is 0.433 e. The lowest BCUT2D eigenvalue weighted by molar-refractivity contribution is 0.397. The number of rotatable bonds is 5. The molecular formula is C24H15F3N8O. The highest BCUT2D eigenvalue weighted by Gasteiger charge is 2.20. The highest BCUT2D eigenvalue weighted by atomic mass is 19.1. The molecule has 0 bridgehead atoms. The molecule has 0 aliphatic carbocycles. The molecule has 9 nitrogen and oxygen atoms in total. The van der Waals surface area contributed by atoms with E-state index in [4.69, 9.17) is 4.74 Å². The van der Waals surface area contributed by atoms with E-state index in [0.29, 0.717) is 16.9 Å². The van der Waals surface area contributed by atoms with Crippen LogP contribution in [0.15, 0.2) is 55.1 Å². The highest BCUT2D eigenvalue weighted by molar-refractivity contribution is 5.83. The maximum atomic E-state index is 15.1. The Hall–Kier alpha value is -5.00. The van der Waals surface area contributed by atoms with Gasteiger partial charge in [0.15, 0.2) is 29.0 Å². The number of H-pyrrole nitrogens is 2. The van der Waals surface area contributed by atoms with Crippen LogP contribution in [0.5, 0.6) is 11.6 Å². The van der Waals surface area contributed by atoms with Gasteiger partial charge in [-0.15, -0.1) is 0 Å². The summed E-state index contributed by atoms with van der Waals surface area (Å²) in [4.78, 5) is 18.8. The van der Waals surface area contributed by atoms with Gasteiger partial charge in [-0.2, -0.15) is 14.5 Å². The number of ether oxygens (including phenoxy) is 1. The van der Waals surface area contributed by atoms with Crippen molar-refractivity contribution in [3.05, 3.63) is 78.3 Å². The minimum absolute atomic E-state index is 0.00402. The number of aryl methyl sites for hydroxylation is 1. The van der Waals surface area contributed by atoms with Crippen molar-refractivity contribution < 1.29 is 17.9 Å². The molecule has 0 aliphatic rings. The van der Waals surface area contributed by atoms with Gasteiger partial charge in [-0.25, -0.2) is 13.8 Å². The van der Waals surface area contributed by atoms with Gasteiger partial charge in [-0.3, -0.25) is 15.1 Å². The van der Waals surface area contributed by atoms with E-state index in [-0.39, 0.29) is 22.5 Å². The van der Waals surface area contributed by atoms with Gasteiger partial charge in [0.25, 0.3) is 5.88 Å². The fourth-order valence-corrected chi connectivity index (χ4v) is 3.81. The third-order valence-corrected chi connectivity index (χ3v) is 5.47. The maximum Gasteiger partial charge on any atom is 0.261 e. The summed E-state index contributed by atoms with van der Waals surface area (Å²) in [7, 11) is 0. The fourth-order valence-electron chi connectivity index (χ4n) is 3.81. The second-order valence-corrected chi connectivity index (χ2v) is 7.91. The number of halogens is 3. The summed E-state index contributed by atoms with van der Waals surface area (Å²) >= 11 is 0. The number of benzene rings is 2. The van der Waals surface area contributed by atoms with Crippen molar-refractivity contribution >= 4 is 33.6 Å². The average Bonchev–Trinajstić information content (AvgIpc) is 3.51. The zero-order valence-corrected chi connectivity index (χ0v) is 18.5. The van der Waals surface area contributed by atoms with Crippen molar-refractivity contribution in [3.63, 3.8) is 0 Å². The smallest absolute Gasteiger partial charge is 0.261 e. The van der Waals surface area contributed by atoms with Crippen molar-refractivity contribution in [2.24, 2.45) is 0 Å². The molecule has 6 aromatic rings. The number of aromatic amines is 2.